The highest BCUT2D eigenvalue weighted by molar-refractivity contribution is 6.34. The number of rotatable bonds is 3. The minimum atomic E-state index is 0.215. The van der Waals surface area contributed by atoms with E-state index >= 15 is 0 Å². The summed E-state index contributed by atoms with van der Waals surface area (Å²) < 4.78 is 0. The first-order chi connectivity index (χ1) is 10.3. The highest BCUT2D eigenvalue weighted by Gasteiger charge is 2.06. The minimum Gasteiger partial charge on any atom is -0.360 e. The third-order valence-electron chi connectivity index (χ3n) is 2.68. The van der Waals surface area contributed by atoms with Gasteiger partial charge in [0, 0.05) is 17.3 Å². The predicted molar refractivity (Wildman–Crippen MR) is 75.9 cm³/mol. The van der Waals surface area contributed by atoms with E-state index in [-0.39, 0.29) is 11.4 Å². The van der Waals surface area contributed by atoms with Gasteiger partial charge in [0.1, 0.15) is 23.1 Å². The van der Waals surface area contributed by atoms with Gasteiger partial charge in [0.05, 0.1) is 5.52 Å². The lowest BCUT2D eigenvalue weighted by atomic mass is 10.2. The second kappa shape index (κ2) is 5.52. The number of H-pyrrole nitrogens is 1. The molecule has 0 aliphatic carbocycles. The van der Waals surface area contributed by atoms with E-state index in [1.807, 2.05) is 12.1 Å². The van der Waals surface area contributed by atoms with Gasteiger partial charge in [-0.1, -0.05) is 11.6 Å². The second-order valence-electron chi connectivity index (χ2n) is 3.95. The van der Waals surface area contributed by atoms with Crippen LogP contribution in [-0.4, -0.2) is 30.6 Å². The van der Waals surface area contributed by atoms with E-state index < -0.39 is 0 Å². The summed E-state index contributed by atoms with van der Waals surface area (Å²) in [6.45, 7) is 0. The van der Waals surface area contributed by atoms with Gasteiger partial charge in [0.2, 0.25) is 5.82 Å². The maximum absolute atomic E-state index is 9.07. The van der Waals surface area contributed by atoms with Crippen molar-refractivity contribution in [3.8, 4) is 6.07 Å². The van der Waals surface area contributed by atoms with E-state index in [0.717, 1.165) is 16.6 Å². The molecule has 3 aromatic rings. The van der Waals surface area contributed by atoms with Crippen molar-refractivity contribution >= 4 is 33.8 Å². The number of anilines is 1. The van der Waals surface area contributed by atoms with Crippen LogP contribution in [0.1, 0.15) is 5.82 Å². The van der Waals surface area contributed by atoms with Crippen molar-refractivity contribution in [1.82, 2.24) is 30.6 Å². The van der Waals surface area contributed by atoms with Gasteiger partial charge in [0.25, 0.3) is 0 Å². The number of hydrogen-bond donors (Lipinski definition) is 2. The van der Waals surface area contributed by atoms with Gasteiger partial charge in [0.15, 0.2) is 0 Å². The molecule has 0 saturated heterocycles. The molecule has 0 atom stereocenters. The molecule has 0 aliphatic heterocycles. The largest absolute Gasteiger partial charge is 0.360 e. The smallest absolute Gasteiger partial charge is 0.216 e. The first kappa shape index (κ1) is 13.0. The summed E-state index contributed by atoms with van der Waals surface area (Å²) in [5, 5.41) is 26.3. The molecule has 0 amide bonds. The van der Waals surface area contributed by atoms with E-state index in [2.05, 4.69) is 35.9 Å². The summed E-state index contributed by atoms with van der Waals surface area (Å²) in [4.78, 5) is 8.04. The molecule has 102 valence electrons. The summed E-state index contributed by atoms with van der Waals surface area (Å²) in [5.74, 6) is 0.215. The van der Waals surface area contributed by atoms with Gasteiger partial charge in [-0.25, -0.2) is 9.97 Å². The molecule has 0 bridgehead atoms. The van der Waals surface area contributed by atoms with E-state index in [4.69, 9.17) is 16.9 Å². The zero-order valence-electron chi connectivity index (χ0n) is 10.4. The standard InChI is InChI=1S/C12H7ClN8/c13-11-9-3-8(1-2-10(9)16-6-17-11)15-5-7(4-14)12-18-20-21-19-12/h1-3,5-6,15H,(H,18,19,20,21). The highest BCUT2D eigenvalue weighted by Crippen LogP contribution is 2.23. The van der Waals surface area contributed by atoms with Crippen molar-refractivity contribution in [3.05, 3.63) is 41.7 Å². The van der Waals surface area contributed by atoms with Crippen molar-refractivity contribution in [2.45, 2.75) is 0 Å². The third kappa shape index (κ3) is 2.63. The van der Waals surface area contributed by atoms with Gasteiger partial charge < -0.3 is 5.32 Å². The average Bonchev–Trinajstić information content (AvgIpc) is 3.03. The molecule has 2 N–H and O–H groups in total. The quantitative estimate of drug-likeness (QED) is 0.559. The summed E-state index contributed by atoms with van der Waals surface area (Å²) in [7, 11) is 0. The Morgan fingerprint density at radius 1 is 1.38 bits per heavy atom. The van der Waals surface area contributed by atoms with Crippen LogP contribution in [0, 0.1) is 11.3 Å². The Balaban J connectivity index is 1.92. The first-order valence-electron chi connectivity index (χ1n) is 5.79. The number of halogens is 1. The Hall–Kier alpha value is -3.05. The number of nitriles is 1. The van der Waals surface area contributed by atoms with Crippen molar-refractivity contribution in [2.24, 2.45) is 0 Å². The maximum atomic E-state index is 9.07. The number of aromatic amines is 1. The van der Waals surface area contributed by atoms with E-state index in [0.29, 0.717) is 5.15 Å². The molecule has 0 fully saturated rings. The number of hydrogen-bond acceptors (Lipinski definition) is 7. The molecule has 0 spiro atoms. The van der Waals surface area contributed by atoms with E-state index in [1.165, 1.54) is 12.5 Å². The van der Waals surface area contributed by atoms with E-state index in [1.54, 1.807) is 12.1 Å². The van der Waals surface area contributed by atoms with Gasteiger partial charge in [-0.2, -0.15) is 10.5 Å². The van der Waals surface area contributed by atoms with Crippen LogP contribution in [0.4, 0.5) is 5.69 Å². The molecule has 1 aromatic carbocycles. The number of aromatic nitrogens is 6. The van der Waals surface area contributed by atoms with E-state index in [9.17, 15) is 0 Å². The number of nitrogens with zero attached hydrogens (tertiary/aromatic N) is 6. The van der Waals surface area contributed by atoms with Gasteiger partial charge >= 0.3 is 0 Å². The van der Waals surface area contributed by atoms with Crippen LogP contribution in [0.5, 0.6) is 0 Å². The Bertz CT molecular complexity index is 849. The monoisotopic (exact) mass is 298 g/mol. The maximum Gasteiger partial charge on any atom is 0.216 e. The second-order valence-corrected chi connectivity index (χ2v) is 4.30. The summed E-state index contributed by atoms with van der Waals surface area (Å²) >= 11 is 6.02. The van der Waals surface area contributed by atoms with Crippen LogP contribution in [0.25, 0.3) is 16.5 Å². The Kier molecular flexibility index (Phi) is 3.41. The van der Waals surface area contributed by atoms with Crippen LogP contribution in [-0.2, 0) is 0 Å². The molecule has 3 rings (SSSR count). The summed E-state index contributed by atoms with van der Waals surface area (Å²) in [6.07, 6.45) is 2.89. The Morgan fingerprint density at radius 3 is 3.05 bits per heavy atom. The van der Waals surface area contributed by atoms with Crippen molar-refractivity contribution in [2.75, 3.05) is 5.32 Å². The number of allylic oxidation sites excluding steroid dienone is 1. The van der Waals surface area contributed by atoms with Gasteiger partial charge in [-0.15, -0.1) is 10.2 Å². The van der Waals surface area contributed by atoms with Crippen molar-refractivity contribution in [1.29, 1.82) is 5.26 Å². The first-order valence-corrected chi connectivity index (χ1v) is 6.16. The molecule has 2 heterocycles. The lowest BCUT2D eigenvalue weighted by molar-refractivity contribution is 0.881. The Labute approximate surface area is 123 Å². The molecule has 2 aromatic heterocycles. The number of benzene rings is 1. The molecule has 8 nitrogen and oxygen atoms in total. The van der Waals surface area contributed by atoms with Crippen LogP contribution >= 0.6 is 11.6 Å². The lowest BCUT2D eigenvalue weighted by Crippen LogP contribution is -1.93. The molecule has 0 aliphatic rings. The lowest BCUT2D eigenvalue weighted by Gasteiger charge is -2.04. The fourth-order valence-corrected chi connectivity index (χ4v) is 1.89. The number of fused-ring (bicyclic) bond motifs is 1. The van der Waals surface area contributed by atoms with Crippen LogP contribution < -0.4 is 5.32 Å². The van der Waals surface area contributed by atoms with Crippen LogP contribution in [0.3, 0.4) is 0 Å². The van der Waals surface area contributed by atoms with Crippen molar-refractivity contribution < 1.29 is 0 Å². The zero-order valence-corrected chi connectivity index (χ0v) is 11.2. The zero-order chi connectivity index (χ0) is 14.7. The summed E-state index contributed by atoms with van der Waals surface area (Å²) in [6, 6.07) is 7.40. The van der Waals surface area contributed by atoms with Crippen LogP contribution in [0.2, 0.25) is 5.15 Å². The number of nitrogens with one attached hydrogen (secondary N) is 2. The topological polar surface area (TPSA) is 116 Å². The summed E-state index contributed by atoms with van der Waals surface area (Å²) in [5.41, 5.74) is 1.72. The van der Waals surface area contributed by atoms with Gasteiger partial charge in [-0.3, -0.25) is 0 Å². The highest BCUT2D eigenvalue weighted by atomic mass is 35.5. The van der Waals surface area contributed by atoms with Gasteiger partial charge in [-0.05, 0) is 23.4 Å². The third-order valence-corrected chi connectivity index (χ3v) is 2.98. The SMILES string of the molecule is N#CC(=CNc1ccc2ncnc(Cl)c2c1)c1nn[nH]n1. The molecule has 21 heavy (non-hydrogen) atoms. The number of tetrazole rings is 1. The molecule has 0 saturated carbocycles. The normalized spacial score (nSPS) is 11.3. The predicted octanol–water partition coefficient (Wildman–Crippen LogP) is 1.77. The fraction of sp³-hybridized carbons (Fsp3) is 0. The molecule has 0 unspecified atom stereocenters. The molecular weight excluding hydrogens is 292 g/mol. The molecular formula is C12H7ClN8. The average molecular weight is 299 g/mol. The Morgan fingerprint density at radius 2 is 2.29 bits per heavy atom. The molecule has 9 heteroatoms. The fourth-order valence-electron chi connectivity index (χ4n) is 1.69. The molecule has 0 radical (unpaired) electrons. The minimum absolute atomic E-state index is 0.215. The van der Waals surface area contributed by atoms with Crippen LogP contribution in [0.15, 0.2) is 30.7 Å². The van der Waals surface area contributed by atoms with Crippen molar-refractivity contribution in [3.63, 3.8) is 0 Å².